The molecule has 0 radical (unpaired) electrons. The molecule has 2 aliphatic carbocycles. The van der Waals surface area contributed by atoms with Gasteiger partial charge in [0.05, 0.1) is 17.2 Å². The minimum absolute atomic E-state index is 0.0240. The lowest BCUT2D eigenvalue weighted by Crippen LogP contribution is -2.47. The van der Waals surface area contributed by atoms with Crippen LogP contribution in [0.4, 0.5) is 0 Å². The number of thiophene rings is 1. The van der Waals surface area contributed by atoms with E-state index in [1.54, 1.807) is 22.8 Å². The molecular weight excluding hydrogens is 442 g/mol. The first kappa shape index (κ1) is 23.3. The van der Waals surface area contributed by atoms with Crippen LogP contribution in [0.3, 0.4) is 0 Å². The Labute approximate surface area is 197 Å². The quantitative estimate of drug-likeness (QED) is 0.444. The summed E-state index contributed by atoms with van der Waals surface area (Å²) in [6.07, 6.45) is 7.04. The minimum atomic E-state index is -0.812. The first-order valence-corrected chi connectivity index (χ1v) is 13.2. The van der Waals surface area contributed by atoms with Crippen molar-refractivity contribution in [3.8, 4) is 6.07 Å². The van der Waals surface area contributed by atoms with Gasteiger partial charge in [-0.1, -0.05) is 11.8 Å². The largest absolute Gasteiger partial charge is 0.337 e. The van der Waals surface area contributed by atoms with Gasteiger partial charge < -0.3 is 10.2 Å². The van der Waals surface area contributed by atoms with Crippen LogP contribution in [0.15, 0.2) is 9.95 Å². The molecule has 1 amide bonds. The first-order chi connectivity index (χ1) is 15.3. The van der Waals surface area contributed by atoms with Crippen LogP contribution in [0.1, 0.15) is 49.5 Å². The summed E-state index contributed by atoms with van der Waals surface area (Å²) in [7, 11) is 4.04. The van der Waals surface area contributed by atoms with Crippen molar-refractivity contribution >= 4 is 39.2 Å². The number of nitrogens with one attached hydrogen (secondary N) is 1. The zero-order valence-electron chi connectivity index (χ0n) is 19.1. The number of amides is 1. The number of fused-ring (bicyclic) bond motifs is 3. The normalized spacial score (nSPS) is 17.7. The molecule has 2 aromatic heterocycles. The van der Waals surface area contributed by atoms with E-state index < -0.39 is 5.54 Å². The third-order valence-electron chi connectivity index (χ3n) is 6.38. The van der Waals surface area contributed by atoms with Crippen LogP contribution in [0.25, 0.3) is 10.2 Å². The summed E-state index contributed by atoms with van der Waals surface area (Å²) < 4.78 is 1.76. The molecule has 0 aromatic carbocycles. The Bertz CT molecular complexity index is 1110. The number of hydrogen-bond acceptors (Lipinski definition) is 7. The van der Waals surface area contributed by atoms with Crippen molar-refractivity contribution in [2.75, 3.05) is 26.4 Å². The lowest BCUT2D eigenvalue weighted by molar-refractivity contribution is -0.119. The fourth-order valence-electron chi connectivity index (χ4n) is 4.41. The van der Waals surface area contributed by atoms with Crippen LogP contribution >= 0.6 is 23.1 Å². The molecule has 0 aliphatic heterocycles. The zero-order valence-corrected chi connectivity index (χ0v) is 20.7. The minimum Gasteiger partial charge on any atom is -0.337 e. The van der Waals surface area contributed by atoms with E-state index in [0.717, 1.165) is 61.7 Å². The standard InChI is InChI=1S/C23H31N5O2S2/c1-23(14-24,15-9-10-15)26-18(29)13-31-22-25-20-19(16-7-4-5-8-17(16)32-20)21(30)28(22)12-6-11-27(2)3/h15H,4-13H2,1-3H3,(H,26,29). The number of thioether (sulfide) groups is 1. The van der Waals surface area contributed by atoms with Gasteiger partial charge in [0, 0.05) is 11.4 Å². The molecule has 2 aromatic rings. The van der Waals surface area contributed by atoms with Crippen molar-refractivity contribution in [3.63, 3.8) is 0 Å². The van der Waals surface area contributed by atoms with Crippen molar-refractivity contribution in [3.05, 3.63) is 20.8 Å². The maximum Gasteiger partial charge on any atom is 0.263 e. The van der Waals surface area contributed by atoms with E-state index in [4.69, 9.17) is 4.98 Å². The Morgan fingerprint density at radius 3 is 2.81 bits per heavy atom. The first-order valence-electron chi connectivity index (χ1n) is 11.4. The van der Waals surface area contributed by atoms with E-state index >= 15 is 0 Å². The summed E-state index contributed by atoms with van der Waals surface area (Å²) in [6, 6.07) is 2.27. The molecule has 0 spiro atoms. The van der Waals surface area contributed by atoms with Gasteiger partial charge in [-0.2, -0.15) is 5.26 Å². The average Bonchev–Trinajstić information content (AvgIpc) is 3.55. The predicted octanol–water partition coefficient (Wildman–Crippen LogP) is 3.19. The van der Waals surface area contributed by atoms with E-state index in [1.807, 2.05) is 14.1 Å². The molecule has 172 valence electrons. The maximum atomic E-state index is 13.5. The maximum absolute atomic E-state index is 13.5. The van der Waals surface area contributed by atoms with Gasteiger partial charge in [-0.3, -0.25) is 14.2 Å². The molecule has 1 atom stereocenters. The number of carbonyl (C=O) groups excluding carboxylic acids is 1. The lowest BCUT2D eigenvalue weighted by Gasteiger charge is -2.22. The molecule has 1 fully saturated rings. The highest BCUT2D eigenvalue weighted by molar-refractivity contribution is 7.99. The zero-order chi connectivity index (χ0) is 22.9. The predicted molar refractivity (Wildman–Crippen MR) is 129 cm³/mol. The molecule has 0 saturated heterocycles. The van der Waals surface area contributed by atoms with Crippen molar-refractivity contribution in [1.82, 2.24) is 19.8 Å². The molecule has 1 N–H and O–H groups in total. The van der Waals surface area contributed by atoms with Gasteiger partial charge in [0.1, 0.15) is 10.4 Å². The molecule has 2 heterocycles. The SMILES string of the molecule is CN(C)CCCn1c(SCC(=O)NC(C)(C#N)C2CC2)nc2sc3c(c2c1=O)CCCC3. The number of hydrogen-bond donors (Lipinski definition) is 1. The van der Waals surface area contributed by atoms with Gasteiger partial charge in [-0.15, -0.1) is 11.3 Å². The topological polar surface area (TPSA) is 91.0 Å². The molecule has 2 aliphatic rings. The van der Waals surface area contributed by atoms with Crippen LogP contribution in [0.5, 0.6) is 0 Å². The third kappa shape index (κ3) is 4.87. The number of nitriles is 1. The number of aromatic nitrogens is 2. The van der Waals surface area contributed by atoms with Crippen LogP contribution < -0.4 is 10.9 Å². The molecule has 32 heavy (non-hydrogen) atoms. The van der Waals surface area contributed by atoms with Gasteiger partial charge in [-0.05, 0) is 84.0 Å². The Hall–Kier alpha value is -1.89. The van der Waals surface area contributed by atoms with Gasteiger partial charge in [-0.25, -0.2) is 4.98 Å². The fourth-order valence-corrected chi connectivity index (χ4v) is 6.54. The Morgan fingerprint density at radius 2 is 2.12 bits per heavy atom. The molecule has 1 saturated carbocycles. The number of carbonyl (C=O) groups is 1. The summed E-state index contributed by atoms with van der Waals surface area (Å²) in [5.41, 5.74) is 0.405. The smallest absolute Gasteiger partial charge is 0.263 e. The summed E-state index contributed by atoms with van der Waals surface area (Å²) >= 11 is 2.93. The molecule has 0 bridgehead atoms. The van der Waals surface area contributed by atoms with Crippen molar-refractivity contribution in [2.45, 2.75) is 69.1 Å². The fraction of sp³-hybridized carbons (Fsp3) is 0.652. The van der Waals surface area contributed by atoms with Crippen molar-refractivity contribution in [2.24, 2.45) is 5.92 Å². The van der Waals surface area contributed by atoms with E-state index in [0.29, 0.717) is 11.7 Å². The highest BCUT2D eigenvalue weighted by Crippen LogP contribution is 2.39. The molecular formula is C23H31N5O2S2. The van der Waals surface area contributed by atoms with Crippen LogP contribution in [0, 0.1) is 17.2 Å². The summed E-state index contributed by atoms with van der Waals surface area (Å²) in [4.78, 5) is 35.2. The van der Waals surface area contributed by atoms with Gasteiger partial charge in [0.25, 0.3) is 5.56 Å². The van der Waals surface area contributed by atoms with Gasteiger partial charge >= 0.3 is 0 Å². The van der Waals surface area contributed by atoms with Crippen molar-refractivity contribution < 1.29 is 4.79 Å². The Morgan fingerprint density at radius 1 is 1.38 bits per heavy atom. The van der Waals surface area contributed by atoms with Crippen molar-refractivity contribution in [1.29, 1.82) is 5.26 Å². The van der Waals surface area contributed by atoms with Gasteiger partial charge in [0.15, 0.2) is 5.16 Å². The lowest BCUT2D eigenvalue weighted by atomic mass is 9.97. The van der Waals surface area contributed by atoms with Crippen LogP contribution in [0.2, 0.25) is 0 Å². The second-order valence-electron chi connectivity index (χ2n) is 9.32. The molecule has 7 nitrogen and oxygen atoms in total. The summed E-state index contributed by atoms with van der Waals surface area (Å²) in [5, 5.41) is 13.8. The second-order valence-corrected chi connectivity index (χ2v) is 11.4. The van der Waals surface area contributed by atoms with E-state index in [2.05, 4.69) is 16.3 Å². The molecule has 1 unspecified atom stereocenters. The number of nitrogens with zero attached hydrogens (tertiary/aromatic N) is 4. The molecule has 9 heteroatoms. The monoisotopic (exact) mass is 473 g/mol. The summed E-state index contributed by atoms with van der Waals surface area (Å²) in [6.45, 7) is 3.25. The Balaban J connectivity index is 1.59. The van der Waals surface area contributed by atoms with Crippen LogP contribution in [-0.2, 0) is 24.2 Å². The highest BCUT2D eigenvalue weighted by Gasteiger charge is 2.43. The third-order valence-corrected chi connectivity index (χ3v) is 8.55. The number of rotatable bonds is 9. The van der Waals surface area contributed by atoms with E-state index in [9.17, 15) is 14.9 Å². The van der Waals surface area contributed by atoms with E-state index in [-0.39, 0.29) is 23.1 Å². The van der Waals surface area contributed by atoms with Crippen LogP contribution in [-0.4, -0.2) is 52.3 Å². The average molecular weight is 474 g/mol. The van der Waals surface area contributed by atoms with E-state index in [1.165, 1.54) is 22.2 Å². The number of aryl methyl sites for hydroxylation is 2. The highest BCUT2D eigenvalue weighted by atomic mass is 32.2. The Kier molecular flexibility index (Phi) is 6.94. The molecule has 4 rings (SSSR count). The van der Waals surface area contributed by atoms with Gasteiger partial charge in [0.2, 0.25) is 5.91 Å². The second kappa shape index (κ2) is 9.54. The summed E-state index contributed by atoms with van der Waals surface area (Å²) in [5.74, 6) is 0.184.